The minimum atomic E-state index is -4.28. The molecule has 0 saturated heterocycles. The summed E-state index contributed by atoms with van der Waals surface area (Å²) in [6.45, 7) is 4.75. The SMILES string of the molecule is CCC([n+]1ccc(/C=C/C(C)=C/C=C2\Oc3cccc4c3N2CCC4)c2c3ccccc3ccc21)S(=O)(=O)O. The Morgan fingerprint density at radius 2 is 1.97 bits per heavy atom. The largest absolute Gasteiger partial charge is 0.439 e. The van der Waals surface area contributed by atoms with Gasteiger partial charge in [0.1, 0.15) is 0 Å². The summed E-state index contributed by atoms with van der Waals surface area (Å²) in [5, 5.41) is 1.97. The third kappa shape index (κ3) is 4.62. The van der Waals surface area contributed by atoms with Crippen LogP contribution in [-0.4, -0.2) is 19.5 Å². The minimum absolute atomic E-state index is 0.252. The average Bonchev–Trinajstić information content (AvgIpc) is 3.30. The number of nitrogens with zero attached hydrogens (tertiary/aromatic N) is 2. The molecule has 2 aliphatic rings. The number of ether oxygens (including phenoxy) is 1. The first-order chi connectivity index (χ1) is 18.8. The second-order valence-electron chi connectivity index (χ2n) is 10.1. The second kappa shape index (κ2) is 9.98. The van der Waals surface area contributed by atoms with Crippen molar-refractivity contribution >= 4 is 43.6 Å². The van der Waals surface area contributed by atoms with Crippen LogP contribution in [-0.2, 0) is 16.5 Å². The predicted octanol–water partition coefficient (Wildman–Crippen LogP) is 6.72. The molecule has 0 aliphatic carbocycles. The summed E-state index contributed by atoms with van der Waals surface area (Å²) in [6, 6.07) is 20.1. The molecule has 1 atom stereocenters. The molecule has 3 heterocycles. The van der Waals surface area contributed by atoms with Gasteiger partial charge in [-0.1, -0.05) is 67.1 Å². The summed E-state index contributed by atoms with van der Waals surface area (Å²) in [6.07, 6.45) is 12.4. The van der Waals surface area contributed by atoms with Gasteiger partial charge in [-0.3, -0.25) is 4.55 Å². The summed E-state index contributed by atoms with van der Waals surface area (Å²) < 4.78 is 42.1. The summed E-state index contributed by atoms with van der Waals surface area (Å²) in [4.78, 5) is 2.26. The average molecular weight is 540 g/mol. The lowest BCUT2D eigenvalue weighted by atomic mass is 10.00. The van der Waals surface area contributed by atoms with E-state index in [9.17, 15) is 13.0 Å². The Morgan fingerprint density at radius 3 is 2.79 bits per heavy atom. The molecule has 6 rings (SSSR count). The zero-order valence-electron chi connectivity index (χ0n) is 22.0. The highest BCUT2D eigenvalue weighted by Crippen LogP contribution is 2.44. The molecule has 6 nitrogen and oxygen atoms in total. The molecular weight excluding hydrogens is 508 g/mol. The summed E-state index contributed by atoms with van der Waals surface area (Å²) in [7, 11) is -4.28. The number of para-hydroxylation sites is 1. The Hall–Kier alpha value is -3.94. The molecule has 2 aliphatic heterocycles. The number of aryl methyl sites for hydroxylation is 1. The van der Waals surface area contributed by atoms with Crippen LogP contribution in [0.5, 0.6) is 5.75 Å². The van der Waals surface area contributed by atoms with Crippen LogP contribution in [0.1, 0.15) is 43.2 Å². The molecule has 198 valence electrons. The van der Waals surface area contributed by atoms with Gasteiger partial charge in [0.15, 0.2) is 11.9 Å². The normalized spacial score (nSPS) is 17.3. The summed E-state index contributed by atoms with van der Waals surface area (Å²) >= 11 is 0. The van der Waals surface area contributed by atoms with Crippen LogP contribution in [0.4, 0.5) is 5.69 Å². The van der Waals surface area contributed by atoms with Gasteiger partial charge in [-0.15, -0.1) is 0 Å². The molecule has 0 fully saturated rings. The van der Waals surface area contributed by atoms with Gasteiger partial charge in [-0.05, 0) is 59.9 Å². The molecular formula is C32H31N2O4S+. The zero-order chi connectivity index (χ0) is 27.1. The smallest absolute Gasteiger partial charge is 0.329 e. The maximum Gasteiger partial charge on any atom is 0.329 e. The van der Waals surface area contributed by atoms with Crippen molar-refractivity contribution in [2.24, 2.45) is 0 Å². The Kier molecular flexibility index (Phi) is 6.49. The Bertz CT molecular complexity index is 1800. The van der Waals surface area contributed by atoms with E-state index in [-0.39, 0.29) is 6.42 Å². The van der Waals surface area contributed by atoms with Crippen molar-refractivity contribution < 1.29 is 22.3 Å². The van der Waals surface area contributed by atoms with Gasteiger partial charge in [-0.2, -0.15) is 13.0 Å². The zero-order valence-corrected chi connectivity index (χ0v) is 22.9. The molecule has 4 aromatic rings. The van der Waals surface area contributed by atoms with Gasteiger partial charge in [0.25, 0.3) is 5.37 Å². The molecule has 1 aromatic heterocycles. The first-order valence-electron chi connectivity index (χ1n) is 13.3. The van der Waals surface area contributed by atoms with Gasteiger partial charge in [0, 0.05) is 25.1 Å². The van der Waals surface area contributed by atoms with Crippen LogP contribution in [0.15, 0.2) is 96.5 Å². The van der Waals surface area contributed by atoms with Crippen molar-refractivity contribution in [3.63, 3.8) is 0 Å². The van der Waals surface area contributed by atoms with Crippen LogP contribution in [0, 0.1) is 0 Å². The Balaban J connectivity index is 1.38. The van der Waals surface area contributed by atoms with Crippen LogP contribution >= 0.6 is 0 Å². The number of anilines is 1. The topological polar surface area (TPSA) is 70.7 Å². The first kappa shape index (κ1) is 25.3. The molecule has 39 heavy (non-hydrogen) atoms. The lowest BCUT2D eigenvalue weighted by Gasteiger charge is -2.24. The quantitative estimate of drug-likeness (QED) is 0.127. The van der Waals surface area contributed by atoms with E-state index in [1.54, 1.807) is 17.7 Å². The van der Waals surface area contributed by atoms with Gasteiger partial charge >= 0.3 is 10.1 Å². The fraction of sp³-hybridized carbons (Fsp3) is 0.219. The number of fused-ring (bicyclic) bond motifs is 3. The van der Waals surface area contributed by atoms with Crippen molar-refractivity contribution in [2.45, 2.75) is 38.5 Å². The third-order valence-corrected chi connectivity index (χ3v) is 8.82. The molecule has 0 radical (unpaired) electrons. The van der Waals surface area contributed by atoms with E-state index in [1.165, 1.54) is 11.3 Å². The fourth-order valence-electron chi connectivity index (χ4n) is 5.73. The van der Waals surface area contributed by atoms with Crippen LogP contribution < -0.4 is 14.2 Å². The predicted molar refractivity (Wildman–Crippen MR) is 156 cm³/mol. The number of pyridine rings is 1. The van der Waals surface area contributed by atoms with Gasteiger partial charge in [0.05, 0.1) is 11.1 Å². The van der Waals surface area contributed by atoms with Crippen LogP contribution in [0.25, 0.3) is 27.8 Å². The third-order valence-electron chi connectivity index (χ3n) is 7.57. The number of hydrogen-bond acceptors (Lipinski definition) is 4. The highest BCUT2D eigenvalue weighted by Gasteiger charge is 2.33. The molecule has 0 amide bonds. The van der Waals surface area contributed by atoms with E-state index in [1.807, 2.05) is 61.5 Å². The number of rotatable bonds is 6. The molecule has 7 heteroatoms. The lowest BCUT2D eigenvalue weighted by molar-refractivity contribution is -0.677. The van der Waals surface area contributed by atoms with E-state index in [4.69, 9.17) is 4.74 Å². The van der Waals surface area contributed by atoms with Crippen molar-refractivity contribution in [3.05, 3.63) is 108 Å². The summed E-state index contributed by atoms with van der Waals surface area (Å²) in [5.41, 5.74) is 5.30. The van der Waals surface area contributed by atoms with Crippen molar-refractivity contribution in [1.82, 2.24) is 0 Å². The first-order valence-corrected chi connectivity index (χ1v) is 14.8. The molecule has 1 N–H and O–H groups in total. The Morgan fingerprint density at radius 1 is 1.13 bits per heavy atom. The van der Waals surface area contributed by atoms with E-state index >= 15 is 0 Å². The van der Waals surface area contributed by atoms with Gasteiger partial charge < -0.3 is 9.64 Å². The van der Waals surface area contributed by atoms with E-state index < -0.39 is 15.5 Å². The monoisotopic (exact) mass is 539 g/mol. The number of aromatic nitrogens is 1. The van der Waals surface area contributed by atoms with Gasteiger partial charge in [0.2, 0.25) is 11.4 Å². The molecule has 3 aromatic carbocycles. The standard InChI is InChI=1S/C32H30N2O4S/c1-3-30(39(35,36)37)33-21-19-24(31-26-11-5-4-8-23(26)16-17-27(31)33)15-13-22(2)14-18-29-34-20-7-10-25-9-6-12-28(38-29)32(25)34/h4-6,8-9,11-19,21,30H,3,7,10,20H2,1-2H3/p+1. The van der Waals surface area contributed by atoms with Crippen LogP contribution in [0.3, 0.4) is 0 Å². The molecule has 0 saturated carbocycles. The highest BCUT2D eigenvalue weighted by atomic mass is 32.2. The highest BCUT2D eigenvalue weighted by molar-refractivity contribution is 7.85. The molecule has 0 spiro atoms. The molecule has 1 unspecified atom stereocenters. The number of benzene rings is 3. The van der Waals surface area contributed by atoms with E-state index in [0.29, 0.717) is 0 Å². The maximum absolute atomic E-state index is 12.2. The van der Waals surface area contributed by atoms with Gasteiger partial charge in [-0.25, -0.2) is 0 Å². The van der Waals surface area contributed by atoms with Crippen molar-refractivity contribution in [1.29, 1.82) is 0 Å². The van der Waals surface area contributed by atoms with Crippen molar-refractivity contribution in [3.8, 4) is 5.75 Å². The minimum Gasteiger partial charge on any atom is -0.439 e. The second-order valence-corrected chi connectivity index (χ2v) is 11.7. The molecule has 0 bridgehead atoms. The van der Waals surface area contributed by atoms with Crippen LogP contribution in [0.2, 0.25) is 0 Å². The number of hydrogen-bond donors (Lipinski definition) is 1. The van der Waals surface area contributed by atoms with Crippen molar-refractivity contribution in [2.75, 3.05) is 11.4 Å². The Labute approximate surface area is 228 Å². The summed E-state index contributed by atoms with van der Waals surface area (Å²) in [5.74, 6) is 1.77. The number of allylic oxidation sites excluding steroid dienone is 4. The van der Waals surface area contributed by atoms with E-state index in [2.05, 4.69) is 35.3 Å². The maximum atomic E-state index is 12.2. The van der Waals surface area contributed by atoms with E-state index in [0.717, 1.165) is 63.8 Å². The fourth-order valence-corrected chi connectivity index (χ4v) is 6.63. The lowest BCUT2D eigenvalue weighted by Crippen LogP contribution is -2.44.